The minimum absolute atomic E-state index is 0.0856. The molecule has 0 spiro atoms. The van der Waals surface area contributed by atoms with E-state index in [0.717, 1.165) is 4.31 Å². The van der Waals surface area contributed by atoms with Crippen LogP contribution in [-0.2, 0) is 21.4 Å². The number of sulfonamides is 1. The molecule has 0 saturated carbocycles. The molecule has 9 heteroatoms. The third kappa shape index (κ3) is 4.77. The van der Waals surface area contributed by atoms with Crippen molar-refractivity contribution in [2.45, 2.75) is 11.4 Å². The molecule has 0 atom stereocenters. The van der Waals surface area contributed by atoms with Crippen molar-refractivity contribution in [3.63, 3.8) is 0 Å². The van der Waals surface area contributed by atoms with E-state index < -0.39 is 22.5 Å². The van der Waals surface area contributed by atoms with Gasteiger partial charge >= 0.3 is 0 Å². The second kappa shape index (κ2) is 9.05. The predicted octanol–water partition coefficient (Wildman–Crippen LogP) is 2.36. The first kappa shape index (κ1) is 20.7. The van der Waals surface area contributed by atoms with Crippen molar-refractivity contribution in [1.82, 2.24) is 10.3 Å². The number of carbonyl (C=O) groups excluding carboxylic acids is 1. The number of pyridine rings is 1. The van der Waals surface area contributed by atoms with E-state index >= 15 is 0 Å². The van der Waals surface area contributed by atoms with Gasteiger partial charge in [-0.25, -0.2) is 8.42 Å². The van der Waals surface area contributed by atoms with Crippen LogP contribution in [0.1, 0.15) is 5.69 Å². The van der Waals surface area contributed by atoms with Crippen LogP contribution in [0.25, 0.3) is 0 Å². The zero-order valence-electron chi connectivity index (χ0n) is 16.6. The number of carbonyl (C=O) groups is 1. The number of fused-ring (bicyclic) bond motifs is 1. The van der Waals surface area contributed by atoms with E-state index in [9.17, 15) is 13.2 Å². The van der Waals surface area contributed by atoms with Gasteiger partial charge in [0.1, 0.15) is 19.8 Å². The third-order valence-corrected chi connectivity index (χ3v) is 6.41. The summed E-state index contributed by atoms with van der Waals surface area (Å²) < 4.78 is 38.9. The van der Waals surface area contributed by atoms with Crippen LogP contribution in [0.5, 0.6) is 11.5 Å². The van der Waals surface area contributed by atoms with Crippen molar-refractivity contribution >= 4 is 21.6 Å². The maximum absolute atomic E-state index is 13.4. The van der Waals surface area contributed by atoms with Gasteiger partial charge in [-0.15, -0.1) is 0 Å². The molecule has 0 radical (unpaired) electrons. The van der Waals surface area contributed by atoms with Gasteiger partial charge in [-0.05, 0) is 36.4 Å². The van der Waals surface area contributed by atoms with Crippen LogP contribution < -0.4 is 19.1 Å². The molecule has 2 aromatic carbocycles. The molecule has 31 heavy (non-hydrogen) atoms. The highest BCUT2D eigenvalue weighted by Crippen LogP contribution is 2.35. The van der Waals surface area contributed by atoms with Crippen molar-refractivity contribution in [3.05, 3.63) is 78.6 Å². The van der Waals surface area contributed by atoms with Crippen LogP contribution >= 0.6 is 0 Å². The first-order valence-electron chi connectivity index (χ1n) is 9.68. The number of hydrogen-bond acceptors (Lipinski definition) is 6. The molecule has 0 bridgehead atoms. The Bertz CT molecular complexity index is 1150. The molecule has 1 aliphatic heterocycles. The molecule has 0 unspecified atom stereocenters. The molecule has 8 nitrogen and oxygen atoms in total. The second-order valence-electron chi connectivity index (χ2n) is 6.75. The zero-order chi connectivity index (χ0) is 21.7. The van der Waals surface area contributed by atoms with E-state index in [1.54, 1.807) is 54.7 Å². The SMILES string of the molecule is O=C(CN(c1ccc2c(c1)OCCO2)S(=O)(=O)c1ccccc1)NCc1ccccn1. The average Bonchev–Trinajstić information content (AvgIpc) is 2.82. The molecule has 0 saturated heterocycles. The van der Waals surface area contributed by atoms with Crippen LogP contribution in [0.3, 0.4) is 0 Å². The number of anilines is 1. The molecule has 160 valence electrons. The summed E-state index contributed by atoms with van der Waals surface area (Å²) in [7, 11) is -4.00. The van der Waals surface area contributed by atoms with Gasteiger partial charge in [0, 0.05) is 12.3 Å². The first-order chi connectivity index (χ1) is 15.0. The van der Waals surface area contributed by atoms with Crippen LogP contribution in [0.4, 0.5) is 5.69 Å². The Morgan fingerprint density at radius 3 is 2.45 bits per heavy atom. The van der Waals surface area contributed by atoms with E-state index in [1.165, 1.54) is 12.1 Å². The number of rotatable bonds is 7. The maximum atomic E-state index is 13.4. The van der Waals surface area contributed by atoms with Gasteiger partial charge in [0.2, 0.25) is 5.91 Å². The molecule has 1 amide bonds. The van der Waals surface area contributed by atoms with Gasteiger partial charge in [0.05, 0.1) is 22.8 Å². The second-order valence-corrected chi connectivity index (χ2v) is 8.61. The van der Waals surface area contributed by atoms with Gasteiger partial charge in [0.25, 0.3) is 10.0 Å². The molecule has 1 N–H and O–H groups in total. The van der Waals surface area contributed by atoms with Crippen molar-refractivity contribution in [3.8, 4) is 11.5 Å². The third-order valence-electron chi connectivity index (χ3n) is 4.62. The fraction of sp³-hybridized carbons (Fsp3) is 0.182. The summed E-state index contributed by atoms with van der Waals surface area (Å²) in [5, 5.41) is 2.72. The van der Waals surface area contributed by atoms with Crippen LogP contribution in [0, 0.1) is 0 Å². The van der Waals surface area contributed by atoms with E-state index in [2.05, 4.69) is 10.3 Å². The van der Waals surface area contributed by atoms with Gasteiger partial charge < -0.3 is 14.8 Å². The molecular weight excluding hydrogens is 418 g/mol. The first-order valence-corrected chi connectivity index (χ1v) is 11.1. The quantitative estimate of drug-likeness (QED) is 0.607. The number of amides is 1. The van der Waals surface area contributed by atoms with E-state index in [1.807, 2.05) is 6.07 Å². The van der Waals surface area contributed by atoms with Gasteiger partial charge in [-0.3, -0.25) is 14.1 Å². The van der Waals surface area contributed by atoms with Crippen LogP contribution in [-0.4, -0.2) is 39.1 Å². The molecule has 3 aromatic rings. The van der Waals surface area contributed by atoms with E-state index in [4.69, 9.17) is 9.47 Å². The Hall–Kier alpha value is -3.59. The summed E-state index contributed by atoms with van der Waals surface area (Å²) in [6.45, 7) is 0.588. The smallest absolute Gasteiger partial charge is 0.264 e. The fourth-order valence-corrected chi connectivity index (χ4v) is 4.53. The van der Waals surface area contributed by atoms with Crippen LogP contribution in [0.2, 0.25) is 0 Å². The Morgan fingerprint density at radius 1 is 0.968 bits per heavy atom. The lowest BCUT2D eigenvalue weighted by Gasteiger charge is -2.26. The Morgan fingerprint density at radius 2 is 1.71 bits per heavy atom. The average molecular weight is 439 g/mol. The summed E-state index contributed by atoms with van der Waals surface area (Å²) in [6.07, 6.45) is 1.63. The number of ether oxygens (including phenoxy) is 2. The van der Waals surface area contributed by atoms with E-state index in [0.29, 0.717) is 36.1 Å². The Balaban J connectivity index is 1.62. The predicted molar refractivity (Wildman–Crippen MR) is 114 cm³/mol. The lowest BCUT2D eigenvalue weighted by molar-refractivity contribution is -0.119. The van der Waals surface area contributed by atoms with Gasteiger partial charge in [-0.2, -0.15) is 0 Å². The largest absolute Gasteiger partial charge is 0.486 e. The standard InChI is InChI=1S/C22H21N3O5S/c26-22(24-15-17-6-4-5-11-23-17)16-25(31(27,28)19-7-2-1-3-8-19)18-9-10-20-21(14-18)30-13-12-29-20/h1-11,14H,12-13,15-16H2,(H,24,26). The number of benzene rings is 2. The summed E-state index contributed by atoms with van der Waals surface area (Å²) in [6, 6.07) is 18.2. The van der Waals surface area contributed by atoms with Crippen molar-refractivity contribution in [2.24, 2.45) is 0 Å². The molecule has 1 aromatic heterocycles. The van der Waals surface area contributed by atoms with Crippen molar-refractivity contribution in [1.29, 1.82) is 0 Å². The van der Waals surface area contributed by atoms with Crippen LogP contribution in [0.15, 0.2) is 77.8 Å². The molecule has 2 heterocycles. The van der Waals surface area contributed by atoms with Gasteiger partial charge in [-0.1, -0.05) is 24.3 Å². The Labute approximate surface area is 180 Å². The zero-order valence-corrected chi connectivity index (χ0v) is 17.4. The van der Waals surface area contributed by atoms with Crippen molar-refractivity contribution in [2.75, 3.05) is 24.1 Å². The lowest BCUT2D eigenvalue weighted by Crippen LogP contribution is -2.40. The number of nitrogens with zero attached hydrogens (tertiary/aromatic N) is 2. The van der Waals surface area contributed by atoms with Gasteiger partial charge in [0.15, 0.2) is 11.5 Å². The monoisotopic (exact) mass is 439 g/mol. The highest BCUT2D eigenvalue weighted by atomic mass is 32.2. The topological polar surface area (TPSA) is 97.8 Å². The van der Waals surface area contributed by atoms with Crippen molar-refractivity contribution < 1.29 is 22.7 Å². The van der Waals surface area contributed by atoms with E-state index in [-0.39, 0.29) is 11.4 Å². The number of nitrogens with one attached hydrogen (secondary N) is 1. The molecule has 4 rings (SSSR count). The summed E-state index contributed by atoms with van der Waals surface area (Å²) in [4.78, 5) is 16.9. The lowest BCUT2D eigenvalue weighted by atomic mass is 10.2. The molecule has 0 fully saturated rings. The Kier molecular flexibility index (Phi) is 6.03. The maximum Gasteiger partial charge on any atom is 0.264 e. The minimum atomic E-state index is -4.00. The molecule has 0 aliphatic carbocycles. The summed E-state index contributed by atoms with van der Waals surface area (Å²) in [5.74, 6) is 0.512. The normalized spacial score (nSPS) is 12.8. The number of hydrogen-bond donors (Lipinski definition) is 1. The highest BCUT2D eigenvalue weighted by Gasteiger charge is 2.28. The highest BCUT2D eigenvalue weighted by molar-refractivity contribution is 7.92. The minimum Gasteiger partial charge on any atom is -0.486 e. The molecule has 1 aliphatic rings. The fourth-order valence-electron chi connectivity index (χ4n) is 3.10. The summed E-state index contributed by atoms with van der Waals surface area (Å²) >= 11 is 0. The molecular formula is C22H21N3O5S. The summed E-state index contributed by atoms with van der Waals surface area (Å²) in [5.41, 5.74) is 0.980. The number of aromatic nitrogens is 1.